The van der Waals surface area contributed by atoms with Crippen LogP contribution in [0, 0.1) is 5.92 Å². The van der Waals surface area contributed by atoms with E-state index in [1.807, 2.05) is 18.2 Å². The van der Waals surface area contributed by atoms with Gasteiger partial charge in [-0.15, -0.1) is 0 Å². The van der Waals surface area contributed by atoms with Crippen LogP contribution in [0.15, 0.2) is 36.7 Å². The number of benzene rings is 1. The van der Waals surface area contributed by atoms with Crippen molar-refractivity contribution in [1.29, 1.82) is 0 Å². The molecule has 1 aliphatic heterocycles. The fourth-order valence-corrected chi connectivity index (χ4v) is 3.61. The van der Waals surface area contributed by atoms with Gasteiger partial charge in [-0.25, -0.2) is 0 Å². The van der Waals surface area contributed by atoms with Gasteiger partial charge in [0.1, 0.15) is 34.9 Å². The summed E-state index contributed by atoms with van der Waals surface area (Å²) >= 11 is 0. The van der Waals surface area contributed by atoms with Crippen molar-refractivity contribution >= 4 is 12.1 Å². The van der Waals surface area contributed by atoms with Gasteiger partial charge in [-0.1, -0.05) is 6.92 Å². The molecule has 27 heavy (non-hydrogen) atoms. The van der Waals surface area contributed by atoms with E-state index < -0.39 is 11.5 Å². The van der Waals surface area contributed by atoms with E-state index in [-0.39, 0.29) is 23.0 Å². The van der Waals surface area contributed by atoms with Crippen LogP contribution in [-0.2, 0) is 11.2 Å². The first-order valence-electron chi connectivity index (χ1n) is 9.28. The van der Waals surface area contributed by atoms with Crippen molar-refractivity contribution in [2.45, 2.75) is 51.6 Å². The topological polar surface area (TPSA) is 76.5 Å². The average Bonchev–Trinajstić information content (AvgIpc) is 2.61. The number of fused-ring (bicyclic) bond motifs is 1. The summed E-state index contributed by atoms with van der Waals surface area (Å²) in [4.78, 5) is 28.0. The van der Waals surface area contributed by atoms with E-state index in [1.54, 1.807) is 32.3 Å². The number of ketones is 1. The highest BCUT2D eigenvalue weighted by Gasteiger charge is 2.44. The monoisotopic (exact) mass is 367 g/mol. The zero-order valence-corrected chi connectivity index (χ0v) is 15.9. The minimum absolute atomic E-state index is 0.110. The molecular weight excluding hydrogens is 342 g/mol. The Kier molecular flexibility index (Phi) is 5.31. The average molecular weight is 367 g/mol. The highest BCUT2D eigenvalue weighted by molar-refractivity contribution is 6.10. The van der Waals surface area contributed by atoms with Gasteiger partial charge in [0.2, 0.25) is 0 Å². The summed E-state index contributed by atoms with van der Waals surface area (Å²) in [7, 11) is 0. The number of aryl methyl sites for hydroxylation is 1. The minimum Gasteiger partial charge on any atom is -0.507 e. The van der Waals surface area contributed by atoms with Crippen molar-refractivity contribution in [2.24, 2.45) is 5.92 Å². The number of nitrogens with zero attached hydrogens (tertiary/aromatic N) is 1. The lowest BCUT2D eigenvalue weighted by molar-refractivity contribution is -0.114. The summed E-state index contributed by atoms with van der Waals surface area (Å²) in [6.45, 7) is 5.53. The number of ether oxygens (including phenoxy) is 1. The Morgan fingerprint density at radius 3 is 2.67 bits per heavy atom. The molecule has 1 aromatic carbocycles. The van der Waals surface area contributed by atoms with Gasteiger partial charge >= 0.3 is 0 Å². The summed E-state index contributed by atoms with van der Waals surface area (Å²) < 4.78 is 5.92. The molecule has 0 saturated carbocycles. The third-order valence-electron chi connectivity index (χ3n) is 5.31. The quantitative estimate of drug-likeness (QED) is 0.615. The Hall–Kier alpha value is -2.69. The first-order chi connectivity index (χ1) is 12.8. The number of rotatable bonds is 6. The lowest BCUT2D eigenvalue weighted by Gasteiger charge is -2.36. The van der Waals surface area contributed by atoms with E-state index in [0.717, 1.165) is 24.8 Å². The number of Topliss-reactive ketones (excluding diaryl/α,β-unsaturated/α-hetero) is 1. The number of carbonyl (C=O) groups excluding carboxylic acids is 2. The van der Waals surface area contributed by atoms with E-state index >= 15 is 0 Å². The van der Waals surface area contributed by atoms with Crippen molar-refractivity contribution in [3.05, 3.63) is 53.3 Å². The maximum Gasteiger partial charge on any atom is 0.184 e. The normalized spacial score (nSPS) is 19.1. The number of phenolic OH excluding ortho intramolecular Hbond substituents is 1. The van der Waals surface area contributed by atoms with E-state index in [2.05, 4.69) is 11.9 Å². The van der Waals surface area contributed by atoms with Crippen LogP contribution in [0.1, 0.15) is 61.0 Å². The molecule has 1 aliphatic rings. The lowest BCUT2D eigenvalue weighted by atomic mass is 9.81. The van der Waals surface area contributed by atoms with Crippen LogP contribution in [0.3, 0.4) is 0 Å². The first-order valence-corrected chi connectivity index (χ1v) is 9.28. The van der Waals surface area contributed by atoms with Gasteiger partial charge in [0, 0.05) is 12.4 Å². The van der Waals surface area contributed by atoms with E-state index in [0.29, 0.717) is 12.0 Å². The molecule has 0 fully saturated rings. The van der Waals surface area contributed by atoms with Gasteiger partial charge in [0.15, 0.2) is 5.78 Å². The van der Waals surface area contributed by atoms with Crippen molar-refractivity contribution in [3.8, 4) is 11.5 Å². The Balaban J connectivity index is 1.77. The molecule has 0 radical (unpaired) electrons. The van der Waals surface area contributed by atoms with Gasteiger partial charge in [-0.3, -0.25) is 9.78 Å². The number of carbonyl (C=O) groups is 2. The molecule has 0 amide bonds. The third-order valence-corrected chi connectivity index (χ3v) is 5.31. The molecule has 1 N–H and O–H groups in total. The second kappa shape index (κ2) is 7.51. The Bertz CT molecular complexity index is 845. The van der Waals surface area contributed by atoms with Crippen molar-refractivity contribution in [2.75, 3.05) is 0 Å². The zero-order valence-electron chi connectivity index (χ0n) is 15.9. The largest absolute Gasteiger partial charge is 0.507 e. The summed E-state index contributed by atoms with van der Waals surface area (Å²) in [6.07, 6.45) is 7.09. The number of aromatic nitrogens is 1. The Labute approximate surface area is 159 Å². The van der Waals surface area contributed by atoms with Gasteiger partial charge < -0.3 is 14.6 Å². The molecule has 0 saturated heterocycles. The smallest absolute Gasteiger partial charge is 0.184 e. The van der Waals surface area contributed by atoms with Gasteiger partial charge in [0.05, 0.1) is 0 Å². The molecule has 2 heterocycles. The Morgan fingerprint density at radius 2 is 2.00 bits per heavy atom. The standard InChI is InChI=1S/C22H25NO4/c1-14(5-4-6-15-7-9-23-10-8-15)16-11-18(25)20-19(12-16)27-22(2,3)17(13-24)21(20)26/h7-14,17,25H,4-6H2,1-3H3. The van der Waals surface area contributed by atoms with Crippen molar-refractivity contribution < 1.29 is 19.4 Å². The fourth-order valence-electron chi connectivity index (χ4n) is 3.61. The third kappa shape index (κ3) is 3.87. The second-order valence-corrected chi connectivity index (χ2v) is 7.75. The summed E-state index contributed by atoms with van der Waals surface area (Å²) in [5.41, 5.74) is 1.36. The number of aromatic hydroxyl groups is 1. The highest BCUT2D eigenvalue weighted by atomic mass is 16.5. The Morgan fingerprint density at radius 1 is 1.30 bits per heavy atom. The van der Waals surface area contributed by atoms with Crippen LogP contribution in [-0.4, -0.2) is 27.8 Å². The first kappa shape index (κ1) is 19.1. The van der Waals surface area contributed by atoms with E-state index in [4.69, 9.17) is 4.74 Å². The van der Waals surface area contributed by atoms with Crippen LogP contribution in [0.2, 0.25) is 0 Å². The lowest BCUT2D eigenvalue weighted by Crippen LogP contribution is -2.46. The maximum atomic E-state index is 12.6. The zero-order chi connectivity index (χ0) is 19.6. The molecule has 0 aliphatic carbocycles. The molecule has 142 valence electrons. The van der Waals surface area contributed by atoms with Gasteiger partial charge in [-0.05, 0) is 74.4 Å². The van der Waals surface area contributed by atoms with Crippen LogP contribution in [0.25, 0.3) is 0 Å². The minimum atomic E-state index is -0.929. The van der Waals surface area contributed by atoms with Crippen LogP contribution in [0.4, 0.5) is 0 Å². The summed E-state index contributed by atoms with van der Waals surface area (Å²) in [5, 5.41) is 10.4. The van der Waals surface area contributed by atoms with Crippen LogP contribution >= 0.6 is 0 Å². The van der Waals surface area contributed by atoms with Crippen LogP contribution in [0.5, 0.6) is 11.5 Å². The fraction of sp³-hybridized carbons (Fsp3) is 0.409. The highest BCUT2D eigenvalue weighted by Crippen LogP contribution is 2.42. The number of hydrogen-bond donors (Lipinski definition) is 1. The van der Waals surface area contributed by atoms with Crippen molar-refractivity contribution in [1.82, 2.24) is 4.98 Å². The molecule has 0 spiro atoms. The number of pyridine rings is 1. The van der Waals surface area contributed by atoms with Gasteiger partial charge in [0.25, 0.3) is 0 Å². The molecule has 1 aromatic heterocycles. The molecule has 0 bridgehead atoms. The maximum absolute atomic E-state index is 12.6. The molecular formula is C22H25NO4. The summed E-state index contributed by atoms with van der Waals surface area (Å²) in [5.74, 6) is -0.853. The van der Waals surface area contributed by atoms with E-state index in [9.17, 15) is 14.7 Å². The van der Waals surface area contributed by atoms with Crippen molar-refractivity contribution in [3.63, 3.8) is 0 Å². The second-order valence-electron chi connectivity index (χ2n) is 7.75. The molecule has 2 unspecified atom stereocenters. The predicted molar refractivity (Wildman–Crippen MR) is 102 cm³/mol. The SMILES string of the molecule is CC(CCCc1ccncc1)c1cc(O)c2c(c1)OC(C)(C)C(C=O)C2=O. The number of phenols is 1. The molecule has 2 atom stereocenters. The van der Waals surface area contributed by atoms with E-state index in [1.165, 1.54) is 5.56 Å². The van der Waals surface area contributed by atoms with Crippen LogP contribution < -0.4 is 4.74 Å². The molecule has 5 heteroatoms. The molecule has 2 aromatic rings. The molecule has 5 nitrogen and oxygen atoms in total. The number of aldehydes is 1. The van der Waals surface area contributed by atoms with Gasteiger partial charge in [-0.2, -0.15) is 0 Å². The predicted octanol–water partition coefficient (Wildman–Crippen LogP) is 4.08. The number of hydrogen-bond acceptors (Lipinski definition) is 5. The summed E-state index contributed by atoms with van der Waals surface area (Å²) in [6, 6.07) is 7.48. The molecule has 3 rings (SSSR count).